The number of ether oxygens (including phenoxy) is 5. The second-order valence-electron chi connectivity index (χ2n) is 10.9. The van der Waals surface area contributed by atoms with Crippen molar-refractivity contribution in [1.29, 1.82) is 0 Å². The van der Waals surface area contributed by atoms with E-state index in [1.165, 1.54) is 13.3 Å². The molecular formula is C36H37BrN4O8. The number of benzene rings is 4. The molecule has 2 amide bonds. The second kappa shape index (κ2) is 16.2. The van der Waals surface area contributed by atoms with Crippen LogP contribution in [0.5, 0.6) is 23.0 Å². The minimum Gasteiger partial charge on any atom is -0.493 e. The molecule has 13 heteroatoms. The van der Waals surface area contributed by atoms with Crippen molar-refractivity contribution in [3.05, 3.63) is 105 Å². The lowest BCUT2D eigenvalue weighted by atomic mass is 9.95. The van der Waals surface area contributed by atoms with Gasteiger partial charge in [-0.2, -0.15) is 5.10 Å². The molecule has 256 valence electrons. The van der Waals surface area contributed by atoms with E-state index in [4.69, 9.17) is 23.7 Å². The quantitative estimate of drug-likeness (QED) is 0.0554. The molecule has 4 aromatic carbocycles. The number of urea groups is 1. The second-order valence-corrected chi connectivity index (χ2v) is 11.8. The molecule has 49 heavy (non-hydrogen) atoms. The molecule has 4 aromatic rings. The van der Waals surface area contributed by atoms with Crippen molar-refractivity contribution in [3.63, 3.8) is 0 Å². The number of aliphatic hydroxyl groups is 1. The number of amides is 2. The van der Waals surface area contributed by atoms with E-state index in [2.05, 4.69) is 61.4 Å². The van der Waals surface area contributed by atoms with Crippen LogP contribution in [0.2, 0.25) is 0 Å². The van der Waals surface area contributed by atoms with Crippen LogP contribution < -0.4 is 35.0 Å². The van der Waals surface area contributed by atoms with E-state index in [-0.39, 0.29) is 12.2 Å². The summed E-state index contributed by atoms with van der Waals surface area (Å²) in [7, 11) is 2.84. The number of methoxy groups -OCH3 is 2. The first-order valence-electron chi connectivity index (χ1n) is 15.4. The topological polar surface area (TPSA) is 149 Å². The van der Waals surface area contributed by atoms with Gasteiger partial charge in [-0.15, -0.1) is 0 Å². The molecule has 0 aliphatic carbocycles. The Morgan fingerprint density at radius 1 is 1.00 bits per heavy atom. The number of hydrogen-bond donors (Lipinski definition) is 4. The van der Waals surface area contributed by atoms with Crippen molar-refractivity contribution in [2.24, 2.45) is 5.10 Å². The first-order chi connectivity index (χ1) is 23.7. The standard InChI is InChI=1S/C36H37BrN4O8/c1-5-47-29-17-26(33-32(35(43)46-4)21(2)39-36(44)40-33)12-13-28(29)48-20-31(42)41-38-18-23-15-27(37)34(30(16-23)45-3)49-19-22-10-11-24-8-6-7-9-25(24)14-22/h6-18,31,33,41-42H,5,19-20H2,1-4H3,(H2,39,40,44)/b38-18-/t31-,33+/m0/s1. The third-order valence-corrected chi connectivity index (χ3v) is 8.15. The molecule has 1 heterocycles. The van der Waals surface area contributed by atoms with Crippen LogP contribution >= 0.6 is 15.9 Å². The molecule has 0 fully saturated rings. The summed E-state index contributed by atoms with van der Waals surface area (Å²) in [6.07, 6.45) is 0.367. The molecule has 12 nitrogen and oxygen atoms in total. The fourth-order valence-corrected chi connectivity index (χ4v) is 5.83. The highest BCUT2D eigenvalue weighted by atomic mass is 79.9. The van der Waals surface area contributed by atoms with E-state index in [9.17, 15) is 14.7 Å². The number of hydrazone groups is 1. The van der Waals surface area contributed by atoms with E-state index in [1.807, 2.05) is 31.2 Å². The maximum atomic E-state index is 12.5. The number of aliphatic hydroxyl groups excluding tert-OH is 1. The van der Waals surface area contributed by atoms with Crippen LogP contribution in [0.15, 0.2) is 93.6 Å². The first-order valence-corrected chi connectivity index (χ1v) is 16.2. The monoisotopic (exact) mass is 732 g/mol. The van der Waals surface area contributed by atoms with Crippen LogP contribution in [-0.2, 0) is 16.1 Å². The SMILES string of the molecule is CCOc1cc([C@H]2NC(=O)NC(C)=C2C(=O)OC)ccc1OC[C@H](O)N/N=C\c1cc(Br)c(OCc2ccc3ccccc3c2)c(OC)c1. The van der Waals surface area contributed by atoms with Crippen LogP contribution in [0.3, 0.4) is 0 Å². The Balaban J connectivity index is 1.20. The summed E-state index contributed by atoms with van der Waals surface area (Å²) in [5, 5.41) is 22.3. The van der Waals surface area contributed by atoms with Crippen molar-refractivity contribution >= 4 is 44.9 Å². The molecule has 0 aromatic heterocycles. The fourth-order valence-electron chi connectivity index (χ4n) is 5.26. The number of halogens is 1. The number of allylic oxidation sites excluding steroid dienone is 1. The van der Waals surface area contributed by atoms with Gasteiger partial charge < -0.3 is 39.4 Å². The fraction of sp³-hybridized carbons (Fsp3) is 0.250. The summed E-state index contributed by atoms with van der Waals surface area (Å²) in [5.41, 5.74) is 5.60. The molecular weight excluding hydrogens is 696 g/mol. The predicted octanol–water partition coefficient (Wildman–Crippen LogP) is 5.71. The highest BCUT2D eigenvalue weighted by Gasteiger charge is 2.32. The molecule has 1 aliphatic rings. The lowest BCUT2D eigenvalue weighted by Gasteiger charge is -2.28. The van der Waals surface area contributed by atoms with Crippen LogP contribution in [0, 0.1) is 0 Å². The minimum atomic E-state index is -1.17. The van der Waals surface area contributed by atoms with Gasteiger partial charge in [0.2, 0.25) is 0 Å². The third-order valence-electron chi connectivity index (χ3n) is 7.56. The maximum Gasteiger partial charge on any atom is 0.337 e. The summed E-state index contributed by atoms with van der Waals surface area (Å²) >= 11 is 3.58. The Kier molecular flexibility index (Phi) is 11.6. The van der Waals surface area contributed by atoms with Gasteiger partial charge in [-0.3, -0.25) is 5.43 Å². The Hall–Kier alpha value is -5.27. The van der Waals surface area contributed by atoms with Crippen LogP contribution in [0.4, 0.5) is 4.79 Å². The molecule has 0 saturated heterocycles. The van der Waals surface area contributed by atoms with E-state index in [1.54, 1.807) is 38.3 Å². The van der Waals surface area contributed by atoms with Crippen LogP contribution in [0.25, 0.3) is 10.8 Å². The molecule has 0 spiro atoms. The molecule has 0 saturated carbocycles. The normalized spacial score (nSPS) is 15.0. The zero-order chi connectivity index (χ0) is 34.9. The molecule has 4 N–H and O–H groups in total. The van der Waals surface area contributed by atoms with Crippen LogP contribution in [-0.4, -0.2) is 57.0 Å². The largest absolute Gasteiger partial charge is 0.493 e. The number of fused-ring (bicyclic) bond motifs is 1. The summed E-state index contributed by atoms with van der Waals surface area (Å²) < 4.78 is 28.9. The lowest BCUT2D eigenvalue weighted by molar-refractivity contribution is -0.136. The zero-order valence-electron chi connectivity index (χ0n) is 27.4. The molecule has 0 bridgehead atoms. The third kappa shape index (κ3) is 8.61. The van der Waals surface area contributed by atoms with Crippen molar-refractivity contribution in [2.75, 3.05) is 27.4 Å². The highest BCUT2D eigenvalue weighted by molar-refractivity contribution is 9.10. The van der Waals surface area contributed by atoms with Crippen molar-refractivity contribution < 1.29 is 38.4 Å². The van der Waals surface area contributed by atoms with Gasteiger partial charge in [0.1, 0.15) is 13.2 Å². The van der Waals surface area contributed by atoms with Gasteiger partial charge in [-0.05, 0) is 87.6 Å². The van der Waals surface area contributed by atoms with Gasteiger partial charge in [-0.1, -0.05) is 42.5 Å². The number of hydrogen-bond acceptors (Lipinski definition) is 10. The van der Waals surface area contributed by atoms with E-state index in [0.717, 1.165) is 16.3 Å². The zero-order valence-corrected chi connectivity index (χ0v) is 29.0. The van der Waals surface area contributed by atoms with Crippen LogP contribution in [0.1, 0.15) is 36.6 Å². The Bertz CT molecular complexity index is 1900. The Morgan fingerprint density at radius 3 is 2.55 bits per heavy atom. The number of rotatable bonds is 14. The smallest absolute Gasteiger partial charge is 0.337 e. The summed E-state index contributed by atoms with van der Waals surface area (Å²) in [6.45, 7) is 3.96. The van der Waals surface area contributed by atoms with Gasteiger partial charge in [0.15, 0.2) is 29.2 Å². The highest BCUT2D eigenvalue weighted by Crippen LogP contribution is 2.37. The molecule has 2 atom stereocenters. The predicted molar refractivity (Wildman–Crippen MR) is 188 cm³/mol. The Labute approximate surface area is 292 Å². The van der Waals surface area contributed by atoms with E-state index >= 15 is 0 Å². The summed E-state index contributed by atoms with van der Waals surface area (Å²) in [5.74, 6) is 1.21. The number of nitrogens with one attached hydrogen (secondary N) is 3. The maximum absolute atomic E-state index is 12.5. The van der Waals surface area contributed by atoms with Gasteiger partial charge >= 0.3 is 12.0 Å². The number of nitrogens with zero attached hydrogens (tertiary/aromatic N) is 1. The summed E-state index contributed by atoms with van der Waals surface area (Å²) in [6, 6.07) is 21.8. The van der Waals surface area contributed by atoms with E-state index in [0.29, 0.717) is 57.5 Å². The molecule has 0 unspecified atom stereocenters. The van der Waals surface area contributed by atoms with Crippen molar-refractivity contribution in [3.8, 4) is 23.0 Å². The van der Waals surface area contributed by atoms with E-state index < -0.39 is 24.3 Å². The molecule has 5 rings (SSSR count). The number of carbonyl (C=O) groups is 2. The number of carbonyl (C=O) groups excluding carboxylic acids is 2. The van der Waals surface area contributed by atoms with Gasteiger partial charge in [0.25, 0.3) is 0 Å². The van der Waals surface area contributed by atoms with Gasteiger partial charge in [0.05, 0.1) is 43.1 Å². The average molecular weight is 734 g/mol. The first kappa shape index (κ1) is 35.0. The minimum absolute atomic E-state index is 0.165. The summed E-state index contributed by atoms with van der Waals surface area (Å²) in [4.78, 5) is 24.7. The lowest BCUT2D eigenvalue weighted by Crippen LogP contribution is -2.45. The Morgan fingerprint density at radius 2 is 1.80 bits per heavy atom. The van der Waals surface area contributed by atoms with Crippen molar-refractivity contribution in [2.45, 2.75) is 32.7 Å². The number of esters is 1. The van der Waals surface area contributed by atoms with Gasteiger partial charge in [0, 0.05) is 5.70 Å². The van der Waals surface area contributed by atoms with Crippen molar-refractivity contribution in [1.82, 2.24) is 16.1 Å². The molecule has 0 radical (unpaired) electrons. The van der Waals surface area contributed by atoms with Gasteiger partial charge in [-0.25, -0.2) is 9.59 Å². The molecule has 1 aliphatic heterocycles. The average Bonchev–Trinajstić information content (AvgIpc) is 3.09.